The van der Waals surface area contributed by atoms with Crippen LogP contribution < -0.4 is 10.7 Å². The highest BCUT2D eigenvalue weighted by Crippen LogP contribution is 2.20. The zero-order chi connectivity index (χ0) is 18.8. The van der Waals surface area contributed by atoms with Crippen LogP contribution in [0.25, 0.3) is 5.69 Å². The lowest BCUT2D eigenvalue weighted by atomic mass is 10.1. The molecule has 0 bridgehead atoms. The highest BCUT2D eigenvalue weighted by molar-refractivity contribution is 5.88. The lowest BCUT2D eigenvalue weighted by molar-refractivity contribution is -0.255. The van der Waals surface area contributed by atoms with Crippen LogP contribution in [-0.2, 0) is 0 Å². The molecule has 0 aliphatic heterocycles. The lowest BCUT2D eigenvalue weighted by Crippen LogP contribution is -2.22. The first kappa shape index (κ1) is 17.3. The number of aryl methyl sites for hydroxylation is 2. The van der Waals surface area contributed by atoms with Gasteiger partial charge in [-0.1, -0.05) is 12.1 Å². The summed E-state index contributed by atoms with van der Waals surface area (Å²) >= 11 is 0. The third-order valence-electron chi connectivity index (χ3n) is 3.98. The Bertz CT molecular complexity index is 1060. The summed E-state index contributed by atoms with van der Waals surface area (Å²) in [4.78, 5) is 27.8. The van der Waals surface area contributed by atoms with E-state index in [0.717, 1.165) is 5.56 Å². The summed E-state index contributed by atoms with van der Waals surface area (Å²) in [6.45, 7) is 3.50. The molecule has 0 saturated carbocycles. The summed E-state index contributed by atoms with van der Waals surface area (Å²) in [5.41, 5.74) is 2.26. The monoisotopic (exact) mass is 352 g/mol. The maximum atomic E-state index is 13.1. The van der Waals surface area contributed by atoms with Crippen molar-refractivity contribution >= 4 is 17.9 Å². The minimum Gasteiger partial charge on any atom is -0.545 e. The number of aliphatic imine (C=N–C) groups is 1. The van der Waals surface area contributed by atoms with E-state index in [1.807, 2.05) is 0 Å². The average molecular weight is 352 g/mol. The zero-order valence-electron chi connectivity index (χ0n) is 14.1. The number of benzene rings is 2. The number of aromatic nitrogens is 2. The molecule has 7 heteroatoms. The van der Waals surface area contributed by atoms with Gasteiger partial charge in [0.15, 0.2) is 0 Å². The Labute approximate surface area is 148 Å². The molecule has 2 aromatic carbocycles. The number of carbonyl (C=O) groups is 1. The van der Waals surface area contributed by atoms with Crippen LogP contribution in [0.5, 0.6) is 0 Å². The van der Waals surface area contributed by atoms with Crippen LogP contribution in [0.4, 0.5) is 10.1 Å². The van der Waals surface area contributed by atoms with E-state index in [1.165, 1.54) is 47.3 Å². The quantitative estimate of drug-likeness (QED) is 0.729. The van der Waals surface area contributed by atoms with Gasteiger partial charge in [-0.05, 0) is 55.3 Å². The Morgan fingerprint density at radius 1 is 1.19 bits per heavy atom. The Balaban J connectivity index is 2.00. The molecule has 0 amide bonds. The van der Waals surface area contributed by atoms with Crippen LogP contribution in [-0.4, -0.2) is 22.0 Å². The molecule has 3 aromatic rings. The first-order valence-electron chi connectivity index (χ1n) is 7.80. The molecular weight excluding hydrogens is 337 g/mol. The van der Waals surface area contributed by atoms with Crippen molar-refractivity contribution in [2.24, 2.45) is 4.99 Å². The van der Waals surface area contributed by atoms with E-state index < -0.39 is 11.8 Å². The summed E-state index contributed by atoms with van der Waals surface area (Å²) in [6.07, 6.45) is 1.38. The number of nitrogens with zero attached hydrogens (tertiary/aromatic N) is 2. The molecule has 0 fully saturated rings. The number of hydrogen-bond donors (Lipinski definition) is 1. The number of rotatable bonds is 4. The fourth-order valence-electron chi connectivity index (χ4n) is 2.49. The minimum absolute atomic E-state index is 0.0114. The van der Waals surface area contributed by atoms with Crippen LogP contribution in [0.3, 0.4) is 0 Å². The summed E-state index contributed by atoms with van der Waals surface area (Å²) in [7, 11) is 0. The number of aromatic carboxylic acids is 1. The van der Waals surface area contributed by atoms with Crippen LogP contribution >= 0.6 is 0 Å². The SMILES string of the molecule is Cc1ccc(C(=O)[O-])cc1N=Cc1c(C)[nH]n(-c2ccc(F)cc2)c1=O. The Morgan fingerprint density at radius 2 is 1.88 bits per heavy atom. The van der Waals surface area contributed by atoms with Crippen molar-refractivity contribution in [1.82, 2.24) is 9.78 Å². The minimum atomic E-state index is -1.29. The van der Waals surface area contributed by atoms with Gasteiger partial charge in [-0.3, -0.25) is 14.9 Å². The van der Waals surface area contributed by atoms with Gasteiger partial charge in [-0.2, -0.15) is 0 Å². The Morgan fingerprint density at radius 3 is 2.54 bits per heavy atom. The van der Waals surface area contributed by atoms with E-state index >= 15 is 0 Å². The molecule has 0 radical (unpaired) electrons. The number of nitrogens with one attached hydrogen (secondary N) is 1. The predicted molar refractivity (Wildman–Crippen MR) is 93.8 cm³/mol. The van der Waals surface area contributed by atoms with Crippen molar-refractivity contribution in [1.29, 1.82) is 0 Å². The smallest absolute Gasteiger partial charge is 0.280 e. The van der Waals surface area contributed by atoms with Crippen LogP contribution in [0, 0.1) is 19.7 Å². The Hall–Kier alpha value is -3.48. The van der Waals surface area contributed by atoms with Gasteiger partial charge in [-0.15, -0.1) is 0 Å². The van der Waals surface area contributed by atoms with E-state index in [0.29, 0.717) is 22.6 Å². The van der Waals surface area contributed by atoms with Gasteiger partial charge in [0.05, 0.1) is 22.9 Å². The zero-order valence-corrected chi connectivity index (χ0v) is 14.1. The van der Waals surface area contributed by atoms with Gasteiger partial charge < -0.3 is 9.90 Å². The molecule has 0 spiro atoms. The summed E-state index contributed by atoms with van der Waals surface area (Å²) in [5, 5.41) is 13.9. The van der Waals surface area contributed by atoms with Crippen molar-refractivity contribution < 1.29 is 14.3 Å². The van der Waals surface area contributed by atoms with Gasteiger partial charge in [0, 0.05) is 11.9 Å². The molecule has 0 unspecified atom stereocenters. The predicted octanol–water partition coefficient (Wildman–Crippen LogP) is 2.04. The molecule has 1 aromatic heterocycles. The van der Waals surface area contributed by atoms with E-state index in [2.05, 4.69) is 10.1 Å². The first-order chi connectivity index (χ1) is 12.4. The maximum Gasteiger partial charge on any atom is 0.280 e. The summed E-state index contributed by atoms with van der Waals surface area (Å²) < 4.78 is 14.4. The molecule has 0 aliphatic rings. The van der Waals surface area contributed by atoms with Crippen LogP contribution in [0.1, 0.15) is 27.2 Å². The molecule has 0 atom stereocenters. The highest BCUT2D eigenvalue weighted by atomic mass is 19.1. The standard InChI is InChI=1S/C19H16FN3O3/c1-11-3-4-13(19(25)26)9-17(11)21-10-16-12(2)22-23(18(16)24)15-7-5-14(20)6-8-15/h3-10,22H,1-2H3,(H,25,26)/p-1. The molecule has 0 saturated heterocycles. The Kier molecular flexibility index (Phi) is 4.53. The number of carboxylic acid groups (broad SMARTS) is 1. The topological polar surface area (TPSA) is 90.3 Å². The van der Waals surface area contributed by atoms with E-state index in [1.54, 1.807) is 19.9 Å². The van der Waals surface area contributed by atoms with Gasteiger partial charge in [-0.25, -0.2) is 9.07 Å². The molecule has 3 rings (SSSR count). The molecule has 1 heterocycles. The van der Waals surface area contributed by atoms with Gasteiger partial charge in [0.1, 0.15) is 5.82 Å². The second kappa shape index (κ2) is 6.79. The second-order valence-corrected chi connectivity index (χ2v) is 5.81. The summed E-state index contributed by atoms with van der Waals surface area (Å²) in [5.74, 6) is -1.69. The normalized spacial score (nSPS) is 11.2. The third-order valence-corrected chi connectivity index (χ3v) is 3.98. The third kappa shape index (κ3) is 3.32. The number of halogens is 1. The van der Waals surface area contributed by atoms with Crippen molar-refractivity contribution in [2.75, 3.05) is 0 Å². The van der Waals surface area contributed by atoms with Crippen molar-refractivity contribution in [3.05, 3.63) is 81.0 Å². The second-order valence-electron chi connectivity index (χ2n) is 5.81. The molecule has 6 nitrogen and oxygen atoms in total. The van der Waals surface area contributed by atoms with Crippen LogP contribution in [0.15, 0.2) is 52.3 Å². The van der Waals surface area contributed by atoms with E-state index in [9.17, 15) is 19.1 Å². The largest absolute Gasteiger partial charge is 0.545 e. The first-order valence-corrected chi connectivity index (χ1v) is 7.80. The van der Waals surface area contributed by atoms with Gasteiger partial charge >= 0.3 is 0 Å². The number of H-pyrrole nitrogens is 1. The molecule has 132 valence electrons. The van der Waals surface area contributed by atoms with Gasteiger partial charge in [0.25, 0.3) is 5.56 Å². The summed E-state index contributed by atoms with van der Waals surface area (Å²) in [6, 6.07) is 9.95. The van der Waals surface area contributed by atoms with E-state index in [4.69, 9.17) is 0 Å². The number of hydrogen-bond acceptors (Lipinski definition) is 4. The fourth-order valence-corrected chi connectivity index (χ4v) is 2.49. The molecular formula is C19H15FN3O3-. The fraction of sp³-hybridized carbons (Fsp3) is 0.105. The van der Waals surface area contributed by atoms with Crippen molar-refractivity contribution in [2.45, 2.75) is 13.8 Å². The number of carbonyl (C=O) groups excluding carboxylic acids is 1. The molecule has 26 heavy (non-hydrogen) atoms. The number of carboxylic acids is 1. The highest BCUT2D eigenvalue weighted by Gasteiger charge is 2.11. The maximum absolute atomic E-state index is 13.1. The van der Waals surface area contributed by atoms with E-state index in [-0.39, 0.29) is 11.1 Å². The van der Waals surface area contributed by atoms with Crippen molar-refractivity contribution in [3.8, 4) is 5.69 Å². The lowest BCUT2D eigenvalue weighted by Gasteiger charge is -2.05. The van der Waals surface area contributed by atoms with Crippen molar-refractivity contribution in [3.63, 3.8) is 0 Å². The average Bonchev–Trinajstić information content (AvgIpc) is 2.89. The molecule has 0 aliphatic carbocycles. The van der Waals surface area contributed by atoms with Crippen LogP contribution in [0.2, 0.25) is 0 Å². The molecule has 1 N–H and O–H groups in total. The van der Waals surface area contributed by atoms with Gasteiger partial charge in [0.2, 0.25) is 0 Å². The number of aromatic amines is 1.